The molecule has 0 aliphatic carbocycles. The molecule has 0 unspecified atom stereocenters. The Kier molecular flexibility index (Phi) is 4.68. The van der Waals surface area contributed by atoms with Crippen LogP contribution in [0, 0.1) is 5.92 Å². The number of benzene rings is 1. The first-order valence-electron chi connectivity index (χ1n) is 6.30. The predicted octanol–water partition coefficient (Wildman–Crippen LogP) is 3.66. The molecule has 88 valence electrons. The maximum absolute atomic E-state index is 5.86. The molecule has 1 fully saturated rings. The first kappa shape index (κ1) is 11.9. The minimum Gasteiger partial charge on any atom is -0.317 e. The highest BCUT2D eigenvalue weighted by Gasteiger charge is 2.11. The van der Waals surface area contributed by atoms with Crippen LogP contribution in [-0.4, -0.2) is 13.1 Å². The van der Waals surface area contributed by atoms with Crippen molar-refractivity contribution in [2.45, 2.75) is 32.1 Å². The number of hydrogen-bond acceptors (Lipinski definition) is 1. The van der Waals surface area contributed by atoms with Crippen molar-refractivity contribution in [3.8, 4) is 0 Å². The van der Waals surface area contributed by atoms with Gasteiger partial charge in [0.05, 0.1) is 0 Å². The van der Waals surface area contributed by atoms with Gasteiger partial charge in [0.15, 0.2) is 0 Å². The summed E-state index contributed by atoms with van der Waals surface area (Å²) in [7, 11) is 0. The van der Waals surface area contributed by atoms with Crippen molar-refractivity contribution in [1.29, 1.82) is 0 Å². The van der Waals surface area contributed by atoms with Crippen molar-refractivity contribution in [2.24, 2.45) is 5.92 Å². The molecule has 0 spiro atoms. The summed E-state index contributed by atoms with van der Waals surface area (Å²) in [5.74, 6) is 0.952. The van der Waals surface area contributed by atoms with Gasteiger partial charge in [-0.05, 0) is 62.4 Å². The van der Waals surface area contributed by atoms with Crippen molar-refractivity contribution in [1.82, 2.24) is 5.32 Å². The largest absolute Gasteiger partial charge is 0.317 e. The molecule has 1 aromatic carbocycles. The second kappa shape index (κ2) is 6.27. The molecule has 0 atom stereocenters. The average molecular weight is 238 g/mol. The average Bonchev–Trinajstić information content (AvgIpc) is 2.33. The summed E-state index contributed by atoms with van der Waals surface area (Å²) in [6.07, 6.45) is 6.61. The van der Waals surface area contributed by atoms with Gasteiger partial charge in [-0.2, -0.15) is 0 Å². The van der Waals surface area contributed by atoms with Crippen molar-refractivity contribution in [2.75, 3.05) is 13.1 Å². The van der Waals surface area contributed by atoms with Crippen LogP contribution in [0.4, 0.5) is 0 Å². The Morgan fingerprint density at radius 3 is 2.50 bits per heavy atom. The zero-order chi connectivity index (χ0) is 11.2. The van der Waals surface area contributed by atoms with Crippen LogP contribution in [0.15, 0.2) is 24.3 Å². The highest BCUT2D eigenvalue weighted by molar-refractivity contribution is 6.30. The van der Waals surface area contributed by atoms with Crippen LogP contribution < -0.4 is 5.32 Å². The minimum atomic E-state index is 0.835. The molecule has 1 aliphatic heterocycles. The maximum Gasteiger partial charge on any atom is 0.0406 e. The lowest BCUT2D eigenvalue weighted by atomic mass is 9.92. The zero-order valence-electron chi connectivity index (χ0n) is 9.71. The third kappa shape index (κ3) is 3.80. The number of rotatable bonds is 4. The van der Waals surface area contributed by atoms with Gasteiger partial charge in [-0.15, -0.1) is 0 Å². The molecule has 0 bridgehead atoms. The van der Waals surface area contributed by atoms with E-state index in [1.807, 2.05) is 12.1 Å². The Bertz CT molecular complexity index is 301. The van der Waals surface area contributed by atoms with Crippen molar-refractivity contribution in [3.05, 3.63) is 34.9 Å². The van der Waals surface area contributed by atoms with Crippen LogP contribution in [0.25, 0.3) is 0 Å². The Morgan fingerprint density at radius 1 is 1.12 bits per heavy atom. The van der Waals surface area contributed by atoms with Crippen LogP contribution in [0.5, 0.6) is 0 Å². The zero-order valence-corrected chi connectivity index (χ0v) is 10.5. The fourth-order valence-electron chi connectivity index (χ4n) is 2.42. The second-order valence-electron chi connectivity index (χ2n) is 4.71. The highest BCUT2D eigenvalue weighted by Crippen LogP contribution is 2.19. The molecule has 0 amide bonds. The number of hydrogen-bond donors (Lipinski definition) is 1. The molecule has 0 radical (unpaired) electrons. The number of nitrogens with one attached hydrogen (secondary N) is 1. The second-order valence-corrected chi connectivity index (χ2v) is 5.15. The van der Waals surface area contributed by atoms with Crippen LogP contribution in [0.3, 0.4) is 0 Å². The van der Waals surface area contributed by atoms with Gasteiger partial charge in [0.2, 0.25) is 0 Å². The molecule has 0 saturated carbocycles. The van der Waals surface area contributed by atoms with Crippen LogP contribution >= 0.6 is 11.6 Å². The summed E-state index contributed by atoms with van der Waals surface area (Å²) in [4.78, 5) is 0. The fourth-order valence-corrected chi connectivity index (χ4v) is 2.54. The van der Waals surface area contributed by atoms with Gasteiger partial charge in [-0.1, -0.05) is 30.2 Å². The number of halogens is 1. The summed E-state index contributed by atoms with van der Waals surface area (Å²) in [5, 5.41) is 4.25. The number of aryl methyl sites for hydroxylation is 1. The molecule has 1 saturated heterocycles. The predicted molar refractivity (Wildman–Crippen MR) is 70.0 cm³/mol. The molecular formula is C14H20ClN. The molecule has 16 heavy (non-hydrogen) atoms. The van der Waals surface area contributed by atoms with Gasteiger partial charge < -0.3 is 5.32 Å². The standard InChI is InChI=1S/C14H20ClN/c15-14-6-4-12(5-7-14)2-1-3-13-8-10-16-11-9-13/h4-7,13,16H,1-3,8-11H2. The van der Waals surface area contributed by atoms with E-state index in [9.17, 15) is 0 Å². The van der Waals surface area contributed by atoms with E-state index in [-0.39, 0.29) is 0 Å². The number of piperidine rings is 1. The molecular weight excluding hydrogens is 218 g/mol. The van der Waals surface area contributed by atoms with Crippen molar-refractivity contribution >= 4 is 11.6 Å². The third-order valence-electron chi connectivity index (χ3n) is 3.45. The Balaban J connectivity index is 1.69. The summed E-state index contributed by atoms with van der Waals surface area (Å²) in [6, 6.07) is 8.26. The van der Waals surface area contributed by atoms with Crippen LogP contribution in [0.1, 0.15) is 31.2 Å². The van der Waals surface area contributed by atoms with E-state index in [4.69, 9.17) is 11.6 Å². The summed E-state index contributed by atoms with van der Waals surface area (Å²) < 4.78 is 0. The highest BCUT2D eigenvalue weighted by atomic mass is 35.5. The molecule has 1 nitrogen and oxygen atoms in total. The molecule has 1 heterocycles. The van der Waals surface area contributed by atoms with Gasteiger partial charge in [0.25, 0.3) is 0 Å². The summed E-state index contributed by atoms with van der Waals surface area (Å²) in [5.41, 5.74) is 1.42. The van der Waals surface area contributed by atoms with Crippen LogP contribution in [0.2, 0.25) is 5.02 Å². The van der Waals surface area contributed by atoms with Crippen LogP contribution in [-0.2, 0) is 6.42 Å². The lowest BCUT2D eigenvalue weighted by molar-refractivity contribution is 0.347. The van der Waals surface area contributed by atoms with Gasteiger partial charge in [0, 0.05) is 5.02 Å². The smallest absolute Gasteiger partial charge is 0.0406 e. The molecule has 2 rings (SSSR count). The van der Waals surface area contributed by atoms with E-state index in [0.29, 0.717) is 0 Å². The molecule has 1 aromatic rings. The Labute approximate surface area is 103 Å². The lowest BCUT2D eigenvalue weighted by Gasteiger charge is -2.22. The minimum absolute atomic E-state index is 0.835. The maximum atomic E-state index is 5.86. The van der Waals surface area contributed by atoms with Gasteiger partial charge >= 0.3 is 0 Å². The Hall–Kier alpha value is -0.530. The quantitative estimate of drug-likeness (QED) is 0.843. The fraction of sp³-hybridized carbons (Fsp3) is 0.571. The summed E-state index contributed by atoms with van der Waals surface area (Å²) >= 11 is 5.86. The van der Waals surface area contributed by atoms with Crippen molar-refractivity contribution < 1.29 is 0 Å². The van der Waals surface area contributed by atoms with E-state index in [1.54, 1.807) is 0 Å². The summed E-state index contributed by atoms with van der Waals surface area (Å²) in [6.45, 7) is 2.43. The molecule has 1 aliphatic rings. The normalized spacial score (nSPS) is 17.6. The van der Waals surface area contributed by atoms with E-state index in [1.165, 1.54) is 50.8 Å². The van der Waals surface area contributed by atoms with Crippen molar-refractivity contribution in [3.63, 3.8) is 0 Å². The SMILES string of the molecule is Clc1ccc(CCCC2CCNCC2)cc1. The first-order chi connectivity index (χ1) is 7.84. The molecule has 1 N–H and O–H groups in total. The lowest BCUT2D eigenvalue weighted by Crippen LogP contribution is -2.27. The van der Waals surface area contributed by atoms with Gasteiger partial charge in [0.1, 0.15) is 0 Å². The Morgan fingerprint density at radius 2 is 1.81 bits per heavy atom. The molecule has 2 heteroatoms. The van der Waals surface area contributed by atoms with Gasteiger partial charge in [-0.3, -0.25) is 0 Å². The molecule has 0 aromatic heterocycles. The van der Waals surface area contributed by atoms with E-state index in [2.05, 4.69) is 17.4 Å². The monoisotopic (exact) mass is 237 g/mol. The van der Waals surface area contributed by atoms with Gasteiger partial charge in [-0.25, -0.2) is 0 Å². The van der Waals surface area contributed by atoms with E-state index < -0.39 is 0 Å². The van der Waals surface area contributed by atoms with E-state index in [0.717, 1.165) is 10.9 Å². The topological polar surface area (TPSA) is 12.0 Å². The first-order valence-corrected chi connectivity index (χ1v) is 6.67. The van der Waals surface area contributed by atoms with E-state index >= 15 is 0 Å². The third-order valence-corrected chi connectivity index (χ3v) is 3.70.